The molecule has 0 amide bonds. The van der Waals surface area contributed by atoms with E-state index >= 15 is 0 Å². The lowest BCUT2D eigenvalue weighted by Gasteiger charge is -2.29. The Kier molecular flexibility index (Phi) is 2.82. The number of fused-ring (bicyclic) bond motifs is 1. The van der Waals surface area contributed by atoms with E-state index in [4.69, 9.17) is 0 Å². The third kappa shape index (κ3) is 1.90. The van der Waals surface area contributed by atoms with Crippen molar-refractivity contribution in [1.82, 2.24) is 9.88 Å². The Hall–Kier alpha value is -1.42. The van der Waals surface area contributed by atoms with Gasteiger partial charge in [0.15, 0.2) is 0 Å². The first-order chi connectivity index (χ1) is 8.65. The number of piperidine rings is 1. The standard InChI is InChI=1S/C14H16F2N2/c1-18-4-2-3-9(8-18)12-7-17-14-11(12)5-10(15)6-13(14)16/h5-7,9,17H,2-4,8H2,1H3. The van der Waals surface area contributed by atoms with Gasteiger partial charge in [-0.05, 0) is 44.0 Å². The molecule has 0 aliphatic carbocycles. The predicted molar refractivity (Wildman–Crippen MR) is 67.7 cm³/mol. The second-order valence-corrected chi connectivity index (χ2v) is 5.16. The molecule has 1 unspecified atom stereocenters. The summed E-state index contributed by atoms with van der Waals surface area (Å²) < 4.78 is 27.0. The maximum Gasteiger partial charge on any atom is 0.150 e. The van der Waals surface area contributed by atoms with Crippen LogP contribution in [-0.2, 0) is 0 Å². The lowest BCUT2D eigenvalue weighted by Crippen LogP contribution is -2.30. The van der Waals surface area contributed by atoms with Crippen LogP contribution in [0.5, 0.6) is 0 Å². The number of likely N-dealkylation sites (tertiary alicyclic amines) is 1. The van der Waals surface area contributed by atoms with Crippen molar-refractivity contribution in [3.63, 3.8) is 0 Å². The Morgan fingerprint density at radius 2 is 2.17 bits per heavy atom. The van der Waals surface area contributed by atoms with Crippen molar-refractivity contribution >= 4 is 10.9 Å². The van der Waals surface area contributed by atoms with Gasteiger partial charge in [0.2, 0.25) is 0 Å². The van der Waals surface area contributed by atoms with Gasteiger partial charge in [0.25, 0.3) is 0 Å². The molecule has 1 atom stereocenters. The molecule has 1 saturated heterocycles. The number of hydrogen-bond acceptors (Lipinski definition) is 1. The van der Waals surface area contributed by atoms with E-state index in [9.17, 15) is 8.78 Å². The molecule has 1 aliphatic heterocycles. The average molecular weight is 250 g/mol. The van der Waals surface area contributed by atoms with Gasteiger partial charge < -0.3 is 9.88 Å². The summed E-state index contributed by atoms with van der Waals surface area (Å²) in [4.78, 5) is 5.20. The topological polar surface area (TPSA) is 19.0 Å². The van der Waals surface area contributed by atoms with Crippen molar-refractivity contribution in [2.45, 2.75) is 18.8 Å². The first-order valence-corrected chi connectivity index (χ1v) is 6.29. The number of likely N-dealkylation sites (N-methyl/N-ethyl adjacent to an activating group) is 1. The van der Waals surface area contributed by atoms with Crippen LogP contribution >= 0.6 is 0 Å². The molecule has 2 aromatic rings. The van der Waals surface area contributed by atoms with Crippen molar-refractivity contribution in [1.29, 1.82) is 0 Å². The molecule has 1 aromatic carbocycles. The van der Waals surface area contributed by atoms with Crippen molar-refractivity contribution < 1.29 is 8.78 Å². The SMILES string of the molecule is CN1CCCC(c2c[nH]c3c(F)cc(F)cc23)C1. The van der Waals surface area contributed by atoms with Crippen LogP contribution in [0, 0.1) is 11.6 Å². The number of hydrogen-bond donors (Lipinski definition) is 1. The van der Waals surface area contributed by atoms with Gasteiger partial charge in [0, 0.05) is 24.2 Å². The third-order valence-corrected chi connectivity index (χ3v) is 3.80. The summed E-state index contributed by atoms with van der Waals surface area (Å²) in [6.45, 7) is 2.05. The van der Waals surface area contributed by atoms with E-state index in [1.54, 1.807) is 0 Å². The van der Waals surface area contributed by atoms with Gasteiger partial charge in [-0.15, -0.1) is 0 Å². The Balaban J connectivity index is 2.06. The lowest BCUT2D eigenvalue weighted by atomic mass is 9.90. The maximum atomic E-state index is 13.6. The van der Waals surface area contributed by atoms with Gasteiger partial charge in [-0.2, -0.15) is 0 Å². The van der Waals surface area contributed by atoms with E-state index in [2.05, 4.69) is 16.9 Å². The van der Waals surface area contributed by atoms with Crippen molar-refractivity contribution in [2.24, 2.45) is 0 Å². The Morgan fingerprint density at radius 1 is 1.33 bits per heavy atom. The zero-order chi connectivity index (χ0) is 12.7. The molecular formula is C14H16F2N2. The Morgan fingerprint density at radius 3 is 2.94 bits per heavy atom. The largest absolute Gasteiger partial charge is 0.359 e. The fourth-order valence-corrected chi connectivity index (χ4v) is 2.93. The highest BCUT2D eigenvalue weighted by Gasteiger charge is 2.22. The van der Waals surface area contributed by atoms with Gasteiger partial charge in [-0.25, -0.2) is 8.78 Å². The quantitative estimate of drug-likeness (QED) is 0.823. The molecule has 1 N–H and O–H groups in total. The van der Waals surface area contributed by atoms with Crippen LogP contribution in [0.3, 0.4) is 0 Å². The molecule has 1 aromatic heterocycles. The summed E-state index contributed by atoms with van der Waals surface area (Å²) >= 11 is 0. The van der Waals surface area contributed by atoms with Crippen molar-refractivity contribution in [3.05, 3.63) is 35.5 Å². The number of halogens is 2. The normalized spacial score (nSPS) is 21.6. The monoisotopic (exact) mass is 250 g/mol. The number of H-pyrrole nitrogens is 1. The summed E-state index contributed by atoms with van der Waals surface area (Å²) in [5, 5.41) is 0.688. The van der Waals surface area contributed by atoms with Gasteiger partial charge in [-0.3, -0.25) is 0 Å². The highest BCUT2D eigenvalue weighted by atomic mass is 19.1. The fourth-order valence-electron chi connectivity index (χ4n) is 2.93. The smallest absolute Gasteiger partial charge is 0.150 e. The molecule has 0 bridgehead atoms. The number of benzene rings is 1. The zero-order valence-corrected chi connectivity index (χ0v) is 10.3. The molecule has 0 spiro atoms. The van der Waals surface area contributed by atoms with Crippen molar-refractivity contribution in [3.8, 4) is 0 Å². The van der Waals surface area contributed by atoms with Crippen LogP contribution in [0.4, 0.5) is 8.78 Å². The van der Waals surface area contributed by atoms with Gasteiger partial charge >= 0.3 is 0 Å². The second kappa shape index (κ2) is 4.35. The number of aromatic amines is 1. The molecule has 2 nitrogen and oxygen atoms in total. The molecular weight excluding hydrogens is 234 g/mol. The van der Waals surface area contributed by atoms with E-state index in [0.717, 1.165) is 37.6 Å². The Labute approximate surface area is 105 Å². The first-order valence-electron chi connectivity index (χ1n) is 6.29. The number of aromatic nitrogens is 1. The number of rotatable bonds is 1. The van der Waals surface area contributed by atoms with Gasteiger partial charge in [-0.1, -0.05) is 0 Å². The predicted octanol–water partition coefficient (Wildman–Crippen LogP) is 3.26. The van der Waals surface area contributed by atoms with Gasteiger partial charge in [0.05, 0.1) is 5.52 Å². The van der Waals surface area contributed by atoms with Crippen LogP contribution < -0.4 is 0 Å². The third-order valence-electron chi connectivity index (χ3n) is 3.80. The molecule has 18 heavy (non-hydrogen) atoms. The number of nitrogens with one attached hydrogen (secondary N) is 1. The molecule has 0 saturated carbocycles. The van der Waals surface area contributed by atoms with E-state index in [1.165, 1.54) is 6.07 Å². The van der Waals surface area contributed by atoms with Crippen LogP contribution in [0.25, 0.3) is 10.9 Å². The maximum absolute atomic E-state index is 13.6. The van der Waals surface area contributed by atoms with E-state index in [0.29, 0.717) is 16.8 Å². The highest BCUT2D eigenvalue weighted by molar-refractivity contribution is 5.84. The van der Waals surface area contributed by atoms with Crippen LogP contribution in [0.15, 0.2) is 18.3 Å². The number of nitrogens with zero attached hydrogens (tertiary/aromatic N) is 1. The summed E-state index contributed by atoms with van der Waals surface area (Å²) in [6, 6.07) is 2.36. The Bertz CT molecular complexity index is 576. The molecule has 1 aliphatic rings. The minimum absolute atomic E-state index is 0.360. The molecule has 2 heterocycles. The zero-order valence-electron chi connectivity index (χ0n) is 10.3. The lowest BCUT2D eigenvalue weighted by molar-refractivity contribution is 0.251. The summed E-state index contributed by atoms with van der Waals surface area (Å²) in [6.07, 6.45) is 4.04. The van der Waals surface area contributed by atoms with Crippen LogP contribution in [0.1, 0.15) is 24.3 Å². The summed E-state index contributed by atoms with van der Waals surface area (Å²) in [5.41, 5.74) is 1.45. The molecule has 3 rings (SSSR count). The highest BCUT2D eigenvalue weighted by Crippen LogP contribution is 2.33. The minimum Gasteiger partial charge on any atom is -0.359 e. The summed E-state index contributed by atoms with van der Waals surface area (Å²) in [7, 11) is 2.09. The molecule has 96 valence electrons. The van der Waals surface area contributed by atoms with Crippen LogP contribution in [-0.4, -0.2) is 30.0 Å². The second-order valence-electron chi connectivity index (χ2n) is 5.16. The molecule has 1 fully saturated rings. The summed E-state index contributed by atoms with van der Waals surface area (Å²) in [5.74, 6) is -0.663. The molecule has 0 radical (unpaired) electrons. The fraction of sp³-hybridized carbons (Fsp3) is 0.429. The average Bonchev–Trinajstić information content (AvgIpc) is 2.72. The minimum atomic E-state index is -0.514. The van der Waals surface area contributed by atoms with Crippen molar-refractivity contribution in [2.75, 3.05) is 20.1 Å². The van der Waals surface area contributed by atoms with E-state index in [-0.39, 0.29) is 0 Å². The van der Waals surface area contributed by atoms with Crippen LogP contribution in [0.2, 0.25) is 0 Å². The van der Waals surface area contributed by atoms with Gasteiger partial charge in [0.1, 0.15) is 11.6 Å². The first kappa shape index (κ1) is 11.7. The van der Waals surface area contributed by atoms with E-state index in [1.807, 2.05) is 6.20 Å². The molecule has 4 heteroatoms. The van der Waals surface area contributed by atoms with E-state index < -0.39 is 11.6 Å².